The minimum Gasteiger partial charge on any atom is -0.496 e. The molecule has 2 saturated heterocycles. The van der Waals surface area contributed by atoms with Crippen molar-refractivity contribution >= 4 is 0 Å². The highest BCUT2D eigenvalue weighted by Crippen LogP contribution is 2.39. The molecule has 3 heterocycles. The molecule has 3 aromatic carbocycles. The van der Waals surface area contributed by atoms with Crippen molar-refractivity contribution in [3.8, 4) is 11.4 Å². The number of tetrazole rings is 1. The van der Waals surface area contributed by atoms with Gasteiger partial charge in [0.15, 0.2) is 0 Å². The molecule has 0 saturated carbocycles. The molecule has 0 bridgehead atoms. The Balaban J connectivity index is 1.36. The lowest BCUT2D eigenvalue weighted by Crippen LogP contribution is -2.59. The van der Waals surface area contributed by atoms with Gasteiger partial charge in [-0.1, -0.05) is 60.7 Å². The van der Waals surface area contributed by atoms with Gasteiger partial charge in [0.2, 0.25) is 0 Å². The van der Waals surface area contributed by atoms with E-state index in [1.807, 2.05) is 36.4 Å². The van der Waals surface area contributed by atoms with Gasteiger partial charge < -0.3 is 9.84 Å². The highest BCUT2D eigenvalue weighted by atomic mass is 19.4. The van der Waals surface area contributed by atoms with Gasteiger partial charge in [-0.3, -0.25) is 9.80 Å². The molecule has 214 valence electrons. The molecule has 8 nitrogen and oxygen atoms in total. The lowest BCUT2D eigenvalue weighted by molar-refractivity contribution is -0.146. The summed E-state index contributed by atoms with van der Waals surface area (Å²) in [5.41, 5.74) is 3.30. The predicted octanol–water partition coefficient (Wildman–Crippen LogP) is 4.14. The molecule has 0 amide bonds. The lowest BCUT2D eigenvalue weighted by Gasteiger charge is -2.47. The second-order valence-corrected chi connectivity index (χ2v) is 10.6. The standard InChI is InChI=1S/C30H31F3N6O2/c1-41-27-13-12-23(39-29(30(31,32)33)34-35-36-39)16-22(27)17-37-18-24-26(40)14-15-38(24)25(19-37)28(20-8-4-2-5-9-20)21-10-6-3-7-11-21/h2-13,16,24-26,28,40H,14-15,17-19H2,1H3/t24-,25+,26+/m1/s1. The van der Waals surface area contributed by atoms with Crippen LogP contribution in [0.3, 0.4) is 0 Å². The smallest absolute Gasteiger partial charge is 0.453 e. The Bertz CT molecular complexity index is 1430. The van der Waals surface area contributed by atoms with E-state index in [9.17, 15) is 18.3 Å². The van der Waals surface area contributed by atoms with Crippen LogP contribution in [0.2, 0.25) is 0 Å². The molecule has 3 atom stereocenters. The summed E-state index contributed by atoms with van der Waals surface area (Å²) in [6.07, 6.45) is -4.46. The van der Waals surface area contributed by atoms with Crippen molar-refractivity contribution < 1.29 is 23.0 Å². The molecule has 1 aromatic heterocycles. The van der Waals surface area contributed by atoms with E-state index in [0.717, 1.165) is 6.54 Å². The molecular weight excluding hydrogens is 533 g/mol. The van der Waals surface area contributed by atoms with Gasteiger partial charge in [-0.15, -0.1) is 5.10 Å². The molecule has 0 radical (unpaired) electrons. The summed E-state index contributed by atoms with van der Waals surface area (Å²) < 4.78 is 46.9. The van der Waals surface area contributed by atoms with Crippen molar-refractivity contribution in [3.63, 3.8) is 0 Å². The number of nitrogens with zero attached hydrogens (tertiary/aromatic N) is 6. The Hall–Kier alpha value is -3.80. The van der Waals surface area contributed by atoms with E-state index in [-0.39, 0.29) is 23.7 Å². The normalized spacial score (nSPS) is 21.8. The second-order valence-electron chi connectivity index (χ2n) is 10.6. The third kappa shape index (κ3) is 5.44. The summed E-state index contributed by atoms with van der Waals surface area (Å²) in [6, 6.07) is 25.6. The molecule has 6 rings (SSSR count). The summed E-state index contributed by atoms with van der Waals surface area (Å²) in [4.78, 5) is 4.71. The maximum Gasteiger partial charge on any atom is 0.453 e. The van der Waals surface area contributed by atoms with Crippen LogP contribution in [0.25, 0.3) is 5.69 Å². The first-order valence-electron chi connectivity index (χ1n) is 13.6. The van der Waals surface area contributed by atoms with E-state index >= 15 is 0 Å². The van der Waals surface area contributed by atoms with Crippen LogP contribution in [-0.4, -0.2) is 80.0 Å². The third-order valence-corrected chi connectivity index (χ3v) is 8.20. The largest absolute Gasteiger partial charge is 0.496 e. The van der Waals surface area contributed by atoms with Crippen LogP contribution >= 0.6 is 0 Å². The van der Waals surface area contributed by atoms with Crippen molar-refractivity contribution in [2.24, 2.45) is 0 Å². The van der Waals surface area contributed by atoms with Crippen molar-refractivity contribution in [2.45, 2.75) is 43.2 Å². The average Bonchev–Trinajstić information content (AvgIpc) is 3.62. The van der Waals surface area contributed by atoms with Gasteiger partial charge in [0.25, 0.3) is 5.82 Å². The second kappa shape index (κ2) is 11.2. The lowest BCUT2D eigenvalue weighted by atomic mass is 9.82. The highest BCUT2D eigenvalue weighted by molar-refractivity contribution is 5.44. The number of hydrogen-bond donors (Lipinski definition) is 1. The van der Waals surface area contributed by atoms with Gasteiger partial charge in [0.1, 0.15) is 5.75 Å². The van der Waals surface area contributed by atoms with Gasteiger partial charge in [-0.25, -0.2) is 0 Å². The average molecular weight is 565 g/mol. The first kappa shape index (κ1) is 27.4. The summed E-state index contributed by atoms with van der Waals surface area (Å²) in [6.45, 7) is 2.55. The van der Waals surface area contributed by atoms with Crippen LogP contribution in [0.1, 0.15) is 34.9 Å². The van der Waals surface area contributed by atoms with E-state index in [1.54, 1.807) is 19.2 Å². The van der Waals surface area contributed by atoms with E-state index < -0.39 is 18.1 Å². The van der Waals surface area contributed by atoms with Gasteiger partial charge in [-0.05, 0) is 46.2 Å². The first-order chi connectivity index (χ1) is 19.8. The minimum absolute atomic E-state index is 0.0609. The summed E-state index contributed by atoms with van der Waals surface area (Å²) >= 11 is 0. The molecule has 1 N–H and O–H groups in total. The fourth-order valence-electron chi connectivity index (χ4n) is 6.39. The monoisotopic (exact) mass is 564 g/mol. The topological polar surface area (TPSA) is 79.5 Å². The zero-order valence-electron chi connectivity index (χ0n) is 22.5. The van der Waals surface area contributed by atoms with Crippen LogP contribution in [-0.2, 0) is 12.7 Å². The molecule has 0 aliphatic carbocycles. The van der Waals surface area contributed by atoms with Gasteiger partial charge >= 0.3 is 6.18 Å². The summed E-state index contributed by atoms with van der Waals surface area (Å²) in [7, 11) is 1.54. The van der Waals surface area contributed by atoms with Crippen molar-refractivity contribution in [3.05, 3.63) is 101 Å². The Labute approximate surface area is 236 Å². The molecule has 11 heteroatoms. The number of ether oxygens (including phenoxy) is 1. The number of benzene rings is 3. The highest BCUT2D eigenvalue weighted by Gasteiger charge is 2.45. The minimum atomic E-state index is -4.70. The third-order valence-electron chi connectivity index (χ3n) is 8.20. The molecule has 2 aliphatic rings. The van der Waals surface area contributed by atoms with Gasteiger partial charge in [0.05, 0.1) is 18.9 Å². The number of aliphatic hydroxyl groups is 1. The van der Waals surface area contributed by atoms with Crippen LogP contribution in [0.5, 0.6) is 5.75 Å². The molecule has 0 unspecified atom stereocenters. The number of methoxy groups -OCH3 is 1. The predicted molar refractivity (Wildman–Crippen MR) is 146 cm³/mol. The quantitative estimate of drug-likeness (QED) is 0.362. The molecule has 2 aliphatic heterocycles. The number of halogens is 3. The number of alkyl halides is 3. The molecule has 41 heavy (non-hydrogen) atoms. The van der Waals surface area contributed by atoms with E-state index in [4.69, 9.17) is 4.74 Å². The van der Waals surface area contributed by atoms with Crippen LogP contribution in [0.15, 0.2) is 78.9 Å². The molecule has 2 fully saturated rings. The number of aliphatic hydroxyl groups excluding tert-OH is 1. The van der Waals surface area contributed by atoms with Crippen LogP contribution in [0, 0.1) is 0 Å². The first-order valence-corrected chi connectivity index (χ1v) is 13.6. The maximum atomic E-state index is 13.5. The number of aromatic nitrogens is 4. The Morgan fingerprint density at radius 2 is 1.66 bits per heavy atom. The zero-order valence-corrected chi connectivity index (χ0v) is 22.5. The van der Waals surface area contributed by atoms with Crippen LogP contribution < -0.4 is 4.74 Å². The number of piperazine rings is 1. The van der Waals surface area contributed by atoms with E-state index in [2.05, 4.69) is 49.6 Å². The fourth-order valence-corrected chi connectivity index (χ4v) is 6.39. The van der Waals surface area contributed by atoms with Gasteiger partial charge in [-0.2, -0.15) is 17.9 Å². The van der Waals surface area contributed by atoms with Crippen LogP contribution in [0.4, 0.5) is 13.2 Å². The van der Waals surface area contributed by atoms with E-state index in [0.29, 0.717) is 42.0 Å². The number of fused-ring (bicyclic) bond motifs is 1. The van der Waals surface area contributed by atoms with Crippen molar-refractivity contribution in [1.82, 2.24) is 30.0 Å². The summed E-state index contributed by atoms with van der Waals surface area (Å²) in [5, 5.41) is 21.0. The fraction of sp³-hybridized carbons (Fsp3) is 0.367. The zero-order chi connectivity index (χ0) is 28.6. The SMILES string of the molecule is COc1ccc(-n2nnnc2C(F)(F)F)cc1CN1C[C@@H]2[C@@H](O)CCN2[C@H](C(c2ccccc2)c2ccccc2)C1. The van der Waals surface area contributed by atoms with Crippen molar-refractivity contribution in [2.75, 3.05) is 26.7 Å². The molecule has 0 spiro atoms. The Morgan fingerprint density at radius 1 is 0.976 bits per heavy atom. The number of hydrogen-bond acceptors (Lipinski definition) is 7. The summed E-state index contributed by atoms with van der Waals surface area (Å²) in [5.74, 6) is -0.564. The molecule has 4 aromatic rings. The van der Waals surface area contributed by atoms with E-state index in [1.165, 1.54) is 17.2 Å². The van der Waals surface area contributed by atoms with Crippen molar-refractivity contribution in [1.29, 1.82) is 0 Å². The molecular formula is C30H31F3N6O2. The Morgan fingerprint density at radius 3 is 2.29 bits per heavy atom. The van der Waals surface area contributed by atoms with Gasteiger partial charge in [0, 0.05) is 49.7 Å². The maximum absolute atomic E-state index is 13.5. The number of rotatable bonds is 7. The Kier molecular flexibility index (Phi) is 7.50.